The van der Waals surface area contributed by atoms with Crippen LogP contribution in [0.1, 0.15) is 42.1 Å². The fraction of sp³-hybridized carbons (Fsp3) is 0.478. The van der Waals surface area contributed by atoms with Gasteiger partial charge in [0.15, 0.2) is 11.6 Å². The van der Waals surface area contributed by atoms with Crippen LogP contribution >= 0.6 is 0 Å². The lowest BCUT2D eigenvalue weighted by Crippen LogP contribution is -2.36. The maximum absolute atomic E-state index is 15.4. The number of aliphatic hydroxyl groups is 2. The van der Waals surface area contributed by atoms with Gasteiger partial charge in [-0.2, -0.15) is 0 Å². The highest BCUT2D eigenvalue weighted by Gasteiger charge is 2.32. The number of halogens is 1. The molecule has 2 aromatic rings. The van der Waals surface area contributed by atoms with Crippen molar-refractivity contribution in [1.82, 2.24) is 4.57 Å². The van der Waals surface area contributed by atoms with E-state index >= 15 is 4.39 Å². The first-order valence-electron chi connectivity index (χ1n) is 10.7. The van der Waals surface area contributed by atoms with Crippen LogP contribution in [0.2, 0.25) is 0 Å². The maximum atomic E-state index is 15.4. The van der Waals surface area contributed by atoms with Gasteiger partial charge in [-0.1, -0.05) is 11.6 Å². The molecule has 1 aromatic carbocycles. The second-order valence-electron chi connectivity index (χ2n) is 8.32. The number of carboxylic acids is 1. The molecule has 32 heavy (non-hydrogen) atoms. The average molecular weight is 446 g/mol. The first-order chi connectivity index (χ1) is 15.4. The van der Waals surface area contributed by atoms with Crippen molar-refractivity contribution < 1.29 is 29.2 Å². The third kappa shape index (κ3) is 3.86. The molecule has 0 amide bonds. The van der Waals surface area contributed by atoms with Gasteiger partial charge in [0.25, 0.3) is 0 Å². The molecule has 1 saturated carbocycles. The molecule has 9 heteroatoms. The van der Waals surface area contributed by atoms with E-state index in [9.17, 15) is 24.9 Å². The number of nitrogens with zero attached hydrogens (tertiary/aromatic N) is 2. The summed E-state index contributed by atoms with van der Waals surface area (Å²) in [5.74, 6) is -1.87. The van der Waals surface area contributed by atoms with Crippen molar-refractivity contribution in [3.8, 4) is 5.75 Å². The molecule has 1 atom stereocenters. The van der Waals surface area contributed by atoms with Crippen LogP contribution in [0.25, 0.3) is 10.9 Å². The Hall–Kier alpha value is -2.91. The number of aliphatic hydroxyl groups excluding tert-OH is 2. The number of ether oxygens (including phenoxy) is 1. The molecule has 0 radical (unpaired) electrons. The number of anilines is 1. The second kappa shape index (κ2) is 8.91. The number of benzene rings is 1. The van der Waals surface area contributed by atoms with E-state index in [1.807, 2.05) is 11.0 Å². The lowest BCUT2D eigenvalue weighted by Gasteiger charge is -2.35. The van der Waals surface area contributed by atoms with Gasteiger partial charge in [-0.3, -0.25) is 4.79 Å². The summed E-state index contributed by atoms with van der Waals surface area (Å²) in [7, 11) is 1.41. The molecule has 1 fully saturated rings. The summed E-state index contributed by atoms with van der Waals surface area (Å²) in [5, 5.41) is 28.3. The van der Waals surface area contributed by atoms with Crippen molar-refractivity contribution >= 4 is 22.6 Å². The van der Waals surface area contributed by atoms with E-state index in [4.69, 9.17) is 4.74 Å². The van der Waals surface area contributed by atoms with E-state index in [1.54, 1.807) is 4.57 Å². The van der Waals surface area contributed by atoms with E-state index < -0.39 is 22.8 Å². The molecule has 1 aliphatic heterocycles. The average Bonchev–Trinajstić information content (AvgIpc) is 3.60. The molecule has 1 aromatic heterocycles. The number of aromatic nitrogens is 1. The molecular weight excluding hydrogens is 419 g/mol. The Bertz CT molecular complexity index is 1140. The standard InChI is InChI=1S/C23H27FN2O6/c1-32-22-19-16(21(29)17(23(30)31)12-26(19)15-2-3-15)10-18(24)20(22)25-7-4-13(5-8-27)14(11-25)6-9-28/h4,10,12,14-15,27-28H,2-3,5-9,11H2,1H3,(H,30,31). The van der Waals surface area contributed by atoms with E-state index in [2.05, 4.69) is 0 Å². The van der Waals surface area contributed by atoms with Crippen LogP contribution in [0.5, 0.6) is 5.75 Å². The summed E-state index contributed by atoms with van der Waals surface area (Å²) < 4.78 is 22.8. The van der Waals surface area contributed by atoms with Crippen molar-refractivity contribution in [3.63, 3.8) is 0 Å². The second-order valence-corrected chi connectivity index (χ2v) is 8.32. The van der Waals surface area contributed by atoms with Gasteiger partial charge in [0, 0.05) is 38.5 Å². The predicted molar refractivity (Wildman–Crippen MR) is 117 cm³/mol. The summed E-state index contributed by atoms with van der Waals surface area (Å²) >= 11 is 0. The zero-order chi connectivity index (χ0) is 23.0. The van der Waals surface area contributed by atoms with Crippen LogP contribution in [0.4, 0.5) is 10.1 Å². The minimum atomic E-state index is -1.35. The van der Waals surface area contributed by atoms with Crippen molar-refractivity contribution in [2.75, 3.05) is 38.3 Å². The van der Waals surface area contributed by atoms with Gasteiger partial charge in [0.1, 0.15) is 11.3 Å². The third-order valence-electron chi connectivity index (χ3n) is 6.31. The van der Waals surface area contributed by atoms with Crippen molar-refractivity contribution in [3.05, 3.63) is 45.5 Å². The highest BCUT2D eigenvalue weighted by atomic mass is 19.1. The molecule has 2 aliphatic rings. The molecule has 1 unspecified atom stereocenters. The van der Waals surface area contributed by atoms with Gasteiger partial charge in [-0.05, 0) is 37.7 Å². The van der Waals surface area contributed by atoms with Crippen LogP contribution in [-0.2, 0) is 0 Å². The summed E-state index contributed by atoms with van der Waals surface area (Å²) in [6.45, 7) is 0.780. The molecule has 2 heterocycles. The Labute approximate surface area is 184 Å². The fourth-order valence-corrected chi connectivity index (χ4v) is 4.63. The highest BCUT2D eigenvalue weighted by molar-refractivity contribution is 5.97. The van der Waals surface area contributed by atoms with E-state index in [-0.39, 0.29) is 42.0 Å². The van der Waals surface area contributed by atoms with Crippen LogP contribution in [0.3, 0.4) is 0 Å². The van der Waals surface area contributed by atoms with Gasteiger partial charge < -0.3 is 29.5 Å². The minimum Gasteiger partial charge on any atom is -0.492 e. The fourth-order valence-electron chi connectivity index (χ4n) is 4.63. The van der Waals surface area contributed by atoms with Gasteiger partial charge in [-0.25, -0.2) is 9.18 Å². The Morgan fingerprint density at radius 3 is 2.62 bits per heavy atom. The van der Waals surface area contributed by atoms with Crippen molar-refractivity contribution in [2.24, 2.45) is 5.92 Å². The number of hydrogen-bond acceptors (Lipinski definition) is 6. The first kappa shape index (κ1) is 22.3. The number of methoxy groups -OCH3 is 1. The van der Waals surface area contributed by atoms with Crippen molar-refractivity contribution in [2.45, 2.75) is 31.7 Å². The van der Waals surface area contributed by atoms with Gasteiger partial charge in [0.05, 0.1) is 18.0 Å². The molecule has 0 spiro atoms. The van der Waals surface area contributed by atoms with E-state index in [1.165, 1.54) is 13.3 Å². The molecular formula is C23H27FN2O6. The number of carboxylic acid groups (broad SMARTS) is 1. The lowest BCUT2D eigenvalue weighted by molar-refractivity contribution is 0.0694. The van der Waals surface area contributed by atoms with E-state index in [0.29, 0.717) is 31.4 Å². The highest BCUT2D eigenvalue weighted by Crippen LogP contribution is 2.44. The lowest BCUT2D eigenvalue weighted by atomic mass is 9.89. The minimum absolute atomic E-state index is 0.000987. The zero-order valence-corrected chi connectivity index (χ0v) is 17.9. The molecule has 0 bridgehead atoms. The Kier molecular flexibility index (Phi) is 6.21. The SMILES string of the molecule is COc1c(N2CC=C(CCO)C(CCO)C2)c(F)cc2c(=O)c(C(=O)O)cn(C3CC3)c12. The summed E-state index contributed by atoms with van der Waals surface area (Å²) in [4.78, 5) is 26.2. The molecule has 0 saturated heterocycles. The van der Waals surface area contributed by atoms with Crippen molar-refractivity contribution in [1.29, 1.82) is 0 Å². The Balaban J connectivity index is 1.91. The smallest absolute Gasteiger partial charge is 0.341 e. The van der Waals surface area contributed by atoms with Gasteiger partial charge in [-0.15, -0.1) is 0 Å². The number of rotatable bonds is 8. The maximum Gasteiger partial charge on any atom is 0.341 e. The van der Waals surface area contributed by atoms with Gasteiger partial charge in [0.2, 0.25) is 5.43 Å². The van der Waals surface area contributed by atoms with E-state index in [0.717, 1.165) is 24.5 Å². The normalized spacial score (nSPS) is 18.7. The summed E-state index contributed by atoms with van der Waals surface area (Å²) in [6.07, 6.45) is 5.91. The molecule has 3 N–H and O–H groups in total. The van der Waals surface area contributed by atoms with Crippen LogP contribution in [-0.4, -0.2) is 59.3 Å². The first-order valence-corrected chi connectivity index (χ1v) is 10.7. The van der Waals surface area contributed by atoms with Crippen LogP contribution in [0, 0.1) is 11.7 Å². The molecule has 1 aliphatic carbocycles. The Morgan fingerprint density at radius 2 is 2.03 bits per heavy atom. The van der Waals surface area contributed by atoms with Crippen LogP contribution in [0.15, 0.2) is 28.7 Å². The summed E-state index contributed by atoms with van der Waals surface area (Å²) in [6, 6.07) is 1.14. The monoisotopic (exact) mass is 446 g/mol. The zero-order valence-electron chi connectivity index (χ0n) is 17.9. The number of hydrogen-bond donors (Lipinski definition) is 3. The number of carbonyl (C=O) groups is 1. The predicted octanol–water partition coefficient (Wildman–Crippen LogP) is 2.31. The summed E-state index contributed by atoms with van der Waals surface area (Å²) in [5.41, 5.74) is 0.495. The van der Waals surface area contributed by atoms with Crippen LogP contribution < -0.4 is 15.1 Å². The number of pyridine rings is 1. The molecule has 4 rings (SSSR count). The molecule has 172 valence electrons. The Morgan fingerprint density at radius 1 is 1.28 bits per heavy atom. The topological polar surface area (TPSA) is 112 Å². The quantitative estimate of drug-likeness (QED) is 0.534. The number of fused-ring (bicyclic) bond motifs is 1. The number of aromatic carboxylic acids is 1. The molecule has 8 nitrogen and oxygen atoms in total. The van der Waals surface area contributed by atoms with Gasteiger partial charge >= 0.3 is 5.97 Å². The largest absolute Gasteiger partial charge is 0.492 e. The third-order valence-corrected chi connectivity index (χ3v) is 6.31.